The zero-order chi connectivity index (χ0) is 31.9. The molecule has 3 aromatic carbocycles. The fourth-order valence-corrected chi connectivity index (χ4v) is 5.07. The molecule has 3 amide bonds. The third kappa shape index (κ3) is 8.93. The van der Waals surface area contributed by atoms with E-state index in [9.17, 15) is 14.4 Å². The Hall–Kier alpha value is -4.13. The first-order valence-electron chi connectivity index (χ1n) is 14.9. The van der Waals surface area contributed by atoms with Crippen molar-refractivity contribution in [3.8, 4) is 0 Å². The summed E-state index contributed by atoms with van der Waals surface area (Å²) in [6, 6.07) is 21.1. The van der Waals surface area contributed by atoms with E-state index >= 15 is 0 Å². The number of carbonyl (C=O) groups excluding carboxylic acids is 3. The SMILES string of the molecule is CCC(C)(C)N(C(=O)C(Cc1ccccc1)NC(=O)OC(C)(C)C)C(C(=O)Nc1c(C)cccc1C)c1cccc(C)c1. The molecule has 0 saturated heterocycles. The fourth-order valence-electron chi connectivity index (χ4n) is 5.07. The first-order valence-corrected chi connectivity index (χ1v) is 14.9. The average Bonchev–Trinajstić information content (AvgIpc) is 2.92. The van der Waals surface area contributed by atoms with Crippen LogP contribution in [0.1, 0.15) is 81.8 Å². The average molecular weight is 586 g/mol. The molecule has 3 rings (SSSR count). The molecule has 0 spiro atoms. The van der Waals surface area contributed by atoms with E-state index in [1.165, 1.54) is 0 Å². The number of nitrogens with zero attached hydrogens (tertiary/aromatic N) is 1. The highest BCUT2D eigenvalue weighted by Crippen LogP contribution is 2.34. The summed E-state index contributed by atoms with van der Waals surface area (Å²) in [5, 5.41) is 5.98. The Morgan fingerprint density at radius 2 is 1.44 bits per heavy atom. The number of rotatable bonds is 10. The maximum absolute atomic E-state index is 14.8. The van der Waals surface area contributed by atoms with Crippen LogP contribution in [0.15, 0.2) is 72.8 Å². The molecule has 43 heavy (non-hydrogen) atoms. The van der Waals surface area contributed by atoms with Gasteiger partial charge in [0, 0.05) is 17.6 Å². The number of para-hydroxylation sites is 1. The number of carbonyl (C=O) groups is 3. The summed E-state index contributed by atoms with van der Waals surface area (Å²) in [6.07, 6.45) is 0.111. The van der Waals surface area contributed by atoms with E-state index in [2.05, 4.69) is 10.6 Å². The van der Waals surface area contributed by atoms with E-state index in [0.717, 1.165) is 27.9 Å². The van der Waals surface area contributed by atoms with Gasteiger partial charge in [0.1, 0.15) is 17.7 Å². The Bertz CT molecular complexity index is 1410. The van der Waals surface area contributed by atoms with E-state index < -0.39 is 29.3 Å². The predicted octanol–water partition coefficient (Wildman–Crippen LogP) is 7.44. The number of ether oxygens (including phenoxy) is 1. The number of hydrogen-bond acceptors (Lipinski definition) is 4. The van der Waals surface area contributed by atoms with Gasteiger partial charge in [-0.05, 0) is 84.1 Å². The van der Waals surface area contributed by atoms with Crippen LogP contribution in [0.4, 0.5) is 10.5 Å². The number of amides is 3. The molecule has 0 radical (unpaired) electrons. The molecule has 7 heteroatoms. The molecule has 230 valence electrons. The van der Waals surface area contributed by atoms with Crippen molar-refractivity contribution in [3.63, 3.8) is 0 Å². The van der Waals surface area contributed by atoms with Crippen LogP contribution >= 0.6 is 0 Å². The second kappa shape index (κ2) is 13.9. The fraction of sp³-hybridized carbons (Fsp3) is 0.417. The zero-order valence-corrected chi connectivity index (χ0v) is 27.1. The number of alkyl carbamates (subject to hydrolysis) is 1. The van der Waals surface area contributed by atoms with Gasteiger partial charge in [0.15, 0.2) is 0 Å². The van der Waals surface area contributed by atoms with Crippen molar-refractivity contribution in [2.24, 2.45) is 0 Å². The van der Waals surface area contributed by atoms with Gasteiger partial charge in [-0.1, -0.05) is 85.3 Å². The van der Waals surface area contributed by atoms with Crippen LogP contribution in [0.5, 0.6) is 0 Å². The van der Waals surface area contributed by atoms with Crippen LogP contribution in [-0.2, 0) is 20.7 Å². The van der Waals surface area contributed by atoms with Gasteiger partial charge in [-0.2, -0.15) is 0 Å². The van der Waals surface area contributed by atoms with Gasteiger partial charge in [0.2, 0.25) is 5.91 Å². The molecule has 2 unspecified atom stereocenters. The van der Waals surface area contributed by atoms with Gasteiger partial charge in [-0.3, -0.25) is 9.59 Å². The maximum atomic E-state index is 14.8. The second-order valence-corrected chi connectivity index (χ2v) is 12.8. The van der Waals surface area contributed by atoms with E-state index in [1.807, 2.05) is 114 Å². The first-order chi connectivity index (χ1) is 20.1. The molecular weight excluding hydrogens is 538 g/mol. The zero-order valence-electron chi connectivity index (χ0n) is 27.1. The van der Waals surface area contributed by atoms with E-state index in [4.69, 9.17) is 4.74 Å². The molecule has 0 aromatic heterocycles. The maximum Gasteiger partial charge on any atom is 0.408 e. The summed E-state index contributed by atoms with van der Waals surface area (Å²) in [5.41, 5.74) is 3.61. The third-order valence-electron chi connectivity index (χ3n) is 7.62. The molecule has 0 heterocycles. The summed E-state index contributed by atoms with van der Waals surface area (Å²) >= 11 is 0. The minimum atomic E-state index is -0.983. The standard InChI is InChI=1S/C36H47N3O4/c1-10-36(8,9)39(33(41)29(23-27-19-12-11-13-20-27)37-34(42)43-35(5,6)7)31(28-21-14-16-24(2)22-28)32(40)38-30-25(3)17-15-18-26(30)4/h11-22,29,31H,10,23H2,1-9H3,(H,37,42)(H,38,40). The number of aryl methyl sites for hydroxylation is 3. The summed E-state index contributed by atoms with van der Waals surface area (Å²) in [4.78, 5) is 43.9. The van der Waals surface area contributed by atoms with Gasteiger partial charge in [-0.15, -0.1) is 0 Å². The number of nitrogens with one attached hydrogen (secondary N) is 2. The largest absolute Gasteiger partial charge is 0.444 e. The molecule has 7 nitrogen and oxygen atoms in total. The Morgan fingerprint density at radius 3 is 2.00 bits per heavy atom. The summed E-state index contributed by atoms with van der Waals surface area (Å²) in [6.45, 7) is 17.1. The van der Waals surface area contributed by atoms with Crippen molar-refractivity contribution in [1.29, 1.82) is 0 Å². The quantitative estimate of drug-likeness (QED) is 0.259. The van der Waals surface area contributed by atoms with Crippen LogP contribution in [0.25, 0.3) is 0 Å². The van der Waals surface area contributed by atoms with Crippen molar-refractivity contribution in [2.45, 2.75) is 98.4 Å². The third-order valence-corrected chi connectivity index (χ3v) is 7.62. The molecule has 0 saturated carbocycles. The van der Waals surface area contributed by atoms with Crippen LogP contribution in [0.2, 0.25) is 0 Å². The van der Waals surface area contributed by atoms with Crippen molar-refractivity contribution in [1.82, 2.24) is 10.2 Å². The van der Waals surface area contributed by atoms with Crippen molar-refractivity contribution >= 4 is 23.6 Å². The number of benzene rings is 3. The van der Waals surface area contributed by atoms with Gasteiger partial charge >= 0.3 is 6.09 Å². The highest BCUT2D eigenvalue weighted by Gasteiger charge is 2.43. The minimum absolute atomic E-state index is 0.230. The van der Waals surface area contributed by atoms with Crippen LogP contribution in [-0.4, -0.2) is 40.0 Å². The van der Waals surface area contributed by atoms with Gasteiger partial charge in [0.05, 0.1) is 0 Å². The van der Waals surface area contributed by atoms with Gasteiger partial charge in [-0.25, -0.2) is 4.79 Å². The summed E-state index contributed by atoms with van der Waals surface area (Å²) in [5.74, 6) is -0.696. The van der Waals surface area contributed by atoms with E-state index in [-0.39, 0.29) is 18.2 Å². The highest BCUT2D eigenvalue weighted by molar-refractivity contribution is 6.00. The highest BCUT2D eigenvalue weighted by atomic mass is 16.6. The molecule has 0 aliphatic rings. The Labute approximate surface area is 257 Å². The Balaban J connectivity index is 2.17. The van der Waals surface area contributed by atoms with E-state index in [0.29, 0.717) is 12.0 Å². The molecule has 0 aliphatic heterocycles. The van der Waals surface area contributed by atoms with Crippen LogP contribution < -0.4 is 10.6 Å². The molecule has 2 N–H and O–H groups in total. The first kappa shape index (κ1) is 33.4. The molecular formula is C36H47N3O4. The van der Waals surface area contributed by atoms with Crippen molar-refractivity contribution < 1.29 is 19.1 Å². The monoisotopic (exact) mass is 585 g/mol. The minimum Gasteiger partial charge on any atom is -0.444 e. The Kier molecular flexibility index (Phi) is 10.8. The lowest BCUT2D eigenvalue weighted by molar-refractivity contribution is -0.147. The second-order valence-electron chi connectivity index (χ2n) is 12.8. The molecule has 0 aliphatic carbocycles. The van der Waals surface area contributed by atoms with E-state index in [1.54, 1.807) is 25.7 Å². The lowest BCUT2D eigenvalue weighted by atomic mass is 9.90. The van der Waals surface area contributed by atoms with Crippen LogP contribution in [0, 0.1) is 20.8 Å². The smallest absolute Gasteiger partial charge is 0.408 e. The summed E-state index contributed by atoms with van der Waals surface area (Å²) in [7, 11) is 0. The van der Waals surface area contributed by atoms with Crippen molar-refractivity contribution in [2.75, 3.05) is 5.32 Å². The van der Waals surface area contributed by atoms with Gasteiger partial charge < -0.3 is 20.3 Å². The lowest BCUT2D eigenvalue weighted by Gasteiger charge is -2.44. The Morgan fingerprint density at radius 1 is 0.837 bits per heavy atom. The lowest BCUT2D eigenvalue weighted by Crippen LogP contribution is -2.59. The normalized spacial score (nSPS) is 13.0. The summed E-state index contributed by atoms with van der Waals surface area (Å²) < 4.78 is 5.56. The molecule has 2 atom stereocenters. The molecule has 3 aromatic rings. The number of hydrogen-bond donors (Lipinski definition) is 2. The van der Waals surface area contributed by atoms with Crippen LogP contribution in [0.3, 0.4) is 0 Å². The predicted molar refractivity (Wildman–Crippen MR) is 173 cm³/mol. The molecule has 0 fully saturated rings. The molecule has 0 bridgehead atoms. The topological polar surface area (TPSA) is 87.7 Å². The van der Waals surface area contributed by atoms with Gasteiger partial charge in [0.25, 0.3) is 5.91 Å². The van der Waals surface area contributed by atoms with Crippen molar-refractivity contribution in [3.05, 3.63) is 101 Å². The number of anilines is 1.